The van der Waals surface area contributed by atoms with Crippen LogP contribution >= 0.6 is 0 Å². The van der Waals surface area contributed by atoms with Gasteiger partial charge in [0.2, 0.25) is 0 Å². The number of benzene rings is 2. The quantitative estimate of drug-likeness (QED) is 0.516. The molecule has 0 N–H and O–H groups in total. The second-order valence-electron chi connectivity index (χ2n) is 8.94. The number of ether oxygens (including phenoxy) is 2. The Kier molecular flexibility index (Phi) is 7.98. The Morgan fingerprint density at radius 3 is 2.29 bits per heavy atom. The molecular formula is C27H36N2O2. The Morgan fingerprint density at radius 2 is 1.71 bits per heavy atom. The highest BCUT2D eigenvalue weighted by Gasteiger charge is 2.36. The van der Waals surface area contributed by atoms with E-state index in [0.717, 1.165) is 38.0 Å². The number of piperidine rings is 1. The molecule has 1 atom stereocenters. The van der Waals surface area contributed by atoms with Gasteiger partial charge in [0, 0.05) is 0 Å². The van der Waals surface area contributed by atoms with Crippen LogP contribution < -0.4 is 9.47 Å². The predicted molar refractivity (Wildman–Crippen MR) is 126 cm³/mol. The summed E-state index contributed by atoms with van der Waals surface area (Å²) in [6.07, 6.45) is 4.28. The van der Waals surface area contributed by atoms with Crippen LogP contribution in [0.3, 0.4) is 0 Å². The molecule has 166 valence electrons. The van der Waals surface area contributed by atoms with Crippen molar-refractivity contribution in [2.75, 3.05) is 33.9 Å². The third kappa shape index (κ3) is 5.22. The van der Waals surface area contributed by atoms with Gasteiger partial charge in [-0.25, -0.2) is 0 Å². The van der Waals surface area contributed by atoms with Gasteiger partial charge in [0.05, 0.1) is 25.7 Å². The van der Waals surface area contributed by atoms with Crippen LogP contribution in [-0.2, 0) is 5.41 Å². The number of hydrogen-bond donors (Lipinski definition) is 0. The normalized spacial score (nSPS) is 17.2. The van der Waals surface area contributed by atoms with Crippen LogP contribution in [-0.4, -0.2) is 38.8 Å². The van der Waals surface area contributed by atoms with Crippen LogP contribution in [0.1, 0.15) is 56.6 Å². The highest BCUT2D eigenvalue weighted by molar-refractivity contribution is 5.47. The molecule has 1 fully saturated rings. The number of nitrogens with zero attached hydrogens (tertiary/aromatic N) is 2. The fraction of sp³-hybridized carbons (Fsp3) is 0.519. The Labute approximate surface area is 187 Å². The molecule has 3 rings (SSSR count). The van der Waals surface area contributed by atoms with Crippen LogP contribution in [0.5, 0.6) is 11.5 Å². The second kappa shape index (κ2) is 10.7. The van der Waals surface area contributed by atoms with Crippen molar-refractivity contribution in [1.29, 1.82) is 5.26 Å². The van der Waals surface area contributed by atoms with Crippen molar-refractivity contribution in [3.05, 3.63) is 59.7 Å². The first-order valence-corrected chi connectivity index (χ1v) is 11.4. The topological polar surface area (TPSA) is 45.5 Å². The molecule has 0 spiro atoms. The lowest BCUT2D eigenvalue weighted by atomic mass is 9.69. The summed E-state index contributed by atoms with van der Waals surface area (Å²) in [5.74, 6) is 2.27. The van der Waals surface area contributed by atoms with E-state index in [1.807, 2.05) is 18.2 Å². The van der Waals surface area contributed by atoms with Crippen molar-refractivity contribution in [3.63, 3.8) is 0 Å². The highest BCUT2D eigenvalue weighted by Crippen LogP contribution is 2.40. The summed E-state index contributed by atoms with van der Waals surface area (Å²) in [7, 11) is 3.28. The maximum atomic E-state index is 10.3. The Morgan fingerprint density at radius 1 is 1.03 bits per heavy atom. The fourth-order valence-electron chi connectivity index (χ4n) is 4.93. The van der Waals surface area contributed by atoms with E-state index in [-0.39, 0.29) is 5.92 Å². The molecule has 0 radical (unpaired) electrons. The average molecular weight is 421 g/mol. The average Bonchev–Trinajstić information content (AvgIpc) is 2.82. The SMILES string of the molecule is COc1ccc(C(C#N)(CCCN2CCC(c3ccccc3)CC2)C(C)C)cc1OC. The van der Waals surface area contributed by atoms with Gasteiger partial charge in [0.1, 0.15) is 0 Å². The zero-order valence-electron chi connectivity index (χ0n) is 19.4. The van der Waals surface area contributed by atoms with Gasteiger partial charge >= 0.3 is 0 Å². The number of hydrogen-bond acceptors (Lipinski definition) is 4. The van der Waals surface area contributed by atoms with E-state index in [9.17, 15) is 5.26 Å². The number of methoxy groups -OCH3 is 2. The summed E-state index contributed by atoms with van der Waals surface area (Å²) < 4.78 is 10.9. The molecular weight excluding hydrogens is 384 g/mol. The highest BCUT2D eigenvalue weighted by atomic mass is 16.5. The Bertz CT molecular complexity index is 867. The van der Waals surface area contributed by atoms with Crippen molar-refractivity contribution < 1.29 is 9.47 Å². The lowest BCUT2D eigenvalue weighted by Crippen LogP contribution is -2.36. The van der Waals surface area contributed by atoms with E-state index < -0.39 is 5.41 Å². The number of rotatable bonds is 9. The van der Waals surface area contributed by atoms with Crippen molar-refractivity contribution in [2.24, 2.45) is 5.92 Å². The van der Waals surface area contributed by atoms with Gasteiger partial charge in [-0.05, 0) is 80.4 Å². The Balaban J connectivity index is 1.62. The molecule has 1 heterocycles. The molecule has 4 nitrogen and oxygen atoms in total. The standard InChI is InChI=1S/C27H36N2O2/c1-21(2)27(20-28,24-11-12-25(30-3)26(19-24)31-4)15-8-16-29-17-13-23(14-18-29)22-9-6-5-7-10-22/h5-7,9-12,19,21,23H,8,13-18H2,1-4H3. The number of likely N-dealkylation sites (tertiary alicyclic amines) is 1. The first-order valence-electron chi connectivity index (χ1n) is 11.4. The number of nitriles is 1. The molecule has 1 saturated heterocycles. The molecule has 2 aromatic rings. The van der Waals surface area contributed by atoms with Crippen LogP contribution in [0.15, 0.2) is 48.5 Å². The van der Waals surface area contributed by atoms with Gasteiger partial charge < -0.3 is 14.4 Å². The van der Waals surface area contributed by atoms with E-state index in [1.165, 1.54) is 18.4 Å². The Hall–Kier alpha value is -2.51. The van der Waals surface area contributed by atoms with Crippen molar-refractivity contribution in [2.45, 2.75) is 50.9 Å². The van der Waals surface area contributed by atoms with Crippen molar-refractivity contribution in [3.8, 4) is 17.6 Å². The minimum absolute atomic E-state index is 0.208. The lowest BCUT2D eigenvalue weighted by molar-refractivity contribution is 0.201. The van der Waals surface area contributed by atoms with E-state index in [4.69, 9.17) is 9.47 Å². The minimum Gasteiger partial charge on any atom is -0.493 e. The van der Waals surface area contributed by atoms with Gasteiger partial charge in [-0.2, -0.15) is 5.26 Å². The molecule has 0 saturated carbocycles. The second-order valence-corrected chi connectivity index (χ2v) is 8.94. The molecule has 0 amide bonds. The van der Waals surface area contributed by atoms with E-state index >= 15 is 0 Å². The van der Waals surface area contributed by atoms with E-state index in [0.29, 0.717) is 17.4 Å². The minimum atomic E-state index is -0.526. The monoisotopic (exact) mass is 420 g/mol. The van der Waals surface area contributed by atoms with Gasteiger partial charge in [-0.1, -0.05) is 50.2 Å². The fourth-order valence-corrected chi connectivity index (χ4v) is 4.93. The van der Waals surface area contributed by atoms with Gasteiger partial charge in [0.25, 0.3) is 0 Å². The maximum absolute atomic E-state index is 10.3. The summed E-state index contributed by atoms with van der Waals surface area (Å²) in [6, 6.07) is 19.5. The summed E-state index contributed by atoms with van der Waals surface area (Å²) >= 11 is 0. The van der Waals surface area contributed by atoms with Crippen LogP contribution in [0.2, 0.25) is 0 Å². The van der Waals surface area contributed by atoms with Gasteiger partial charge in [-0.15, -0.1) is 0 Å². The maximum Gasteiger partial charge on any atom is 0.161 e. The lowest BCUT2D eigenvalue weighted by Gasteiger charge is -2.35. The largest absolute Gasteiger partial charge is 0.493 e. The van der Waals surface area contributed by atoms with Crippen molar-refractivity contribution >= 4 is 0 Å². The summed E-state index contributed by atoms with van der Waals surface area (Å²) in [4.78, 5) is 2.57. The van der Waals surface area contributed by atoms with E-state index in [2.05, 4.69) is 55.1 Å². The molecule has 2 aromatic carbocycles. The zero-order chi connectivity index (χ0) is 22.3. The van der Waals surface area contributed by atoms with Crippen LogP contribution in [0, 0.1) is 17.2 Å². The third-order valence-corrected chi connectivity index (χ3v) is 6.99. The first-order chi connectivity index (χ1) is 15.0. The molecule has 31 heavy (non-hydrogen) atoms. The summed E-state index contributed by atoms with van der Waals surface area (Å²) in [5.41, 5.74) is 1.96. The van der Waals surface area contributed by atoms with Gasteiger partial charge in [-0.3, -0.25) is 0 Å². The third-order valence-electron chi connectivity index (χ3n) is 6.99. The summed E-state index contributed by atoms with van der Waals surface area (Å²) in [5, 5.41) is 10.3. The van der Waals surface area contributed by atoms with Crippen LogP contribution in [0.25, 0.3) is 0 Å². The molecule has 4 heteroatoms. The zero-order valence-corrected chi connectivity index (χ0v) is 19.4. The van der Waals surface area contributed by atoms with E-state index in [1.54, 1.807) is 14.2 Å². The molecule has 0 aromatic heterocycles. The first kappa shape index (κ1) is 23.2. The van der Waals surface area contributed by atoms with Gasteiger partial charge in [0.15, 0.2) is 11.5 Å². The molecule has 1 aliphatic rings. The molecule has 1 unspecified atom stereocenters. The van der Waals surface area contributed by atoms with Crippen LogP contribution in [0.4, 0.5) is 0 Å². The predicted octanol–water partition coefficient (Wildman–Crippen LogP) is 5.78. The molecule has 0 aliphatic carbocycles. The molecule has 1 aliphatic heterocycles. The smallest absolute Gasteiger partial charge is 0.161 e. The van der Waals surface area contributed by atoms with Crippen molar-refractivity contribution in [1.82, 2.24) is 4.90 Å². The molecule has 0 bridgehead atoms. The summed E-state index contributed by atoms with van der Waals surface area (Å²) in [6.45, 7) is 7.61.